The number of aromatic nitrogens is 1. The van der Waals surface area contributed by atoms with Crippen molar-refractivity contribution in [1.82, 2.24) is 4.57 Å². The van der Waals surface area contributed by atoms with Gasteiger partial charge in [0.2, 0.25) is 0 Å². The third kappa shape index (κ3) is 6.50. The highest BCUT2D eigenvalue weighted by molar-refractivity contribution is 6.02. The molecule has 0 aliphatic heterocycles. The first-order valence-corrected chi connectivity index (χ1v) is 19.8. The smallest absolute Gasteiger partial charge is 0.0991 e. The van der Waals surface area contributed by atoms with Crippen molar-refractivity contribution in [3.05, 3.63) is 223 Å². The van der Waals surface area contributed by atoms with Gasteiger partial charge in [-0.15, -0.1) is 0 Å². The van der Waals surface area contributed by atoms with Gasteiger partial charge in [0.15, 0.2) is 0 Å². The van der Waals surface area contributed by atoms with E-state index < -0.39 is 0 Å². The molecule has 0 atom stereocenters. The summed E-state index contributed by atoms with van der Waals surface area (Å²) in [4.78, 5) is 2.41. The fourth-order valence-electron chi connectivity index (χ4n) is 8.48. The highest BCUT2D eigenvalue weighted by atomic mass is 15.2. The molecule has 2 nitrogen and oxygen atoms in total. The summed E-state index contributed by atoms with van der Waals surface area (Å²) in [6, 6.07) is 65.4. The molecule has 8 aromatic rings. The van der Waals surface area contributed by atoms with Crippen molar-refractivity contribution >= 4 is 33.9 Å². The Morgan fingerprint density at radius 1 is 0.544 bits per heavy atom. The minimum Gasteiger partial charge on any atom is -0.309 e. The van der Waals surface area contributed by atoms with E-state index in [1.54, 1.807) is 0 Å². The van der Waals surface area contributed by atoms with E-state index in [0.717, 1.165) is 46.9 Å². The van der Waals surface area contributed by atoms with Gasteiger partial charge in [-0.25, -0.2) is 0 Å². The van der Waals surface area contributed by atoms with E-state index >= 15 is 0 Å². The predicted octanol–water partition coefficient (Wildman–Crippen LogP) is 14.1. The number of rotatable bonds is 8. The molecule has 7 aromatic carbocycles. The normalized spacial score (nSPS) is 13.2. The lowest BCUT2D eigenvalue weighted by Crippen LogP contribution is -2.18. The molecule has 2 aliphatic rings. The van der Waals surface area contributed by atoms with Gasteiger partial charge >= 0.3 is 0 Å². The zero-order chi connectivity index (χ0) is 38.0. The summed E-state index contributed by atoms with van der Waals surface area (Å²) in [6.45, 7) is 0. The Labute approximate surface area is 335 Å². The van der Waals surface area contributed by atoms with E-state index in [2.05, 4.69) is 228 Å². The van der Waals surface area contributed by atoms with Crippen molar-refractivity contribution in [2.75, 3.05) is 4.90 Å². The molecule has 2 heteroatoms. The summed E-state index contributed by atoms with van der Waals surface area (Å²) < 4.78 is 2.43. The third-order valence-corrected chi connectivity index (χ3v) is 11.1. The average Bonchev–Trinajstić information content (AvgIpc) is 3.45. The molecule has 0 spiro atoms. The molecule has 10 rings (SSSR count). The number of para-hydroxylation sites is 1. The molecule has 0 radical (unpaired) electrons. The fraction of sp³-hybridized carbons (Fsp3) is 0.0545. The fourth-order valence-corrected chi connectivity index (χ4v) is 8.48. The van der Waals surface area contributed by atoms with Gasteiger partial charge in [-0.05, 0) is 112 Å². The summed E-state index contributed by atoms with van der Waals surface area (Å²) in [5, 5.41) is 1.25. The molecule has 0 fully saturated rings. The Bertz CT molecular complexity index is 2900. The zero-order valence-corrected chi connectivity index (χ0v) is 31.6. The maximum absolute atomic E-state index is 3.74. The number of hydrogen-bond donors (Lipinski definition) is 0. The first kappa shape index (κ1) is 34.2. The van der Waals surface area contributed by atoms with E-state index in [9.17, 15) is 0 Å². The number of benzene rings is 7. The van der Waals surface area contributed by atoms with Gasteiger partial charge in [-0.1, -0.05) is 164 Å². The highest BCUT2D eigenvalue weighted by Gasteiger charge is 2.26. The Hall–Kier alpha value is -7.34. The van der Waals surface area contributed by atoms with Crippen LogP contribution in [0.2, 0.25) is 0 Å². The minimum absolute atomic E-state index is 0.628. The van der Waals surface area contributed by atoms with Crippen LogP contribution in [0.3, 0.4) is 0 Å². The molecular weight excluding hydrogens is 689 g/mol. The molecule has 0 saturated carbocycles. The van der Waals surface area contributed by atoms with Crippen LogP contribution in [0.4, 0.5) is 11.4 Å². The van der Waals surface area contributed by atoms with Crippen LogP contribution in [-0.2, 0) is 6.42 Å². The first-order chi connectivity index (χ1) is 28.3. The SMILES string of the molecule is C1#CC(N(c2cccc(-c3ccccc3)c2)c2ccc(-c3ccccc3)cc2C2=CC=CCC2)=Cc2c(c3c(-c4ccccc4)cccc3n2-c2ccccc2)C1. The van der Waals surface area contributed by atoms with Crippen LogP contribution >= 0.6 is 0 Å². The van der Waals surface area contributed by atoms with Crippen LogP contribution in [0.5, 0.6) is 0 Å². The Balaban J connectivity index is 1.25. The lowest BCUT2D eigenvalue weighted by Gasteiger charge is -2.29. The topological polar surface area (TPSA) is 8.17 Å². The zero-order valence-electron chi connectivity index (χ0n) is 31.6. The number of nitrogens with zero attached hydrogens (tertiary/aromatic N) is 2. The van der Waals surface area contributed by atoms with Crippen LogP contribution in [0.25, 0.3) is 61.6 Å². The molecule has 0 unspecified atom stereocenters. The standard InChI is InChI=1S/C55H40N2/c1-6-19-40(20-7-1)44-27-16-30-47(37-44)56(52-36-35-45(41-21-8-2-9-22-41)38-51(52)43-25-12-4-13-26-43)48-31-17-33-50-54(39-48)57(46-28-14-5-15-29-46)53-34-18-32-49(55(50)53)42-23-10-3-11-24-42/h1-12,14-16,18-25,27-30,32,34-39H,13,26,33H2. The van der Waals surface area contributed by atoms with Gasteiger partial charge in [0.25, 0.3) is 0 Å². The number of hydrogen-bond acceptors (Lipinski definition) is 1. The van der Waals surface area contributed by atoms with Crippen molar-refractivity contribution in [2.45, 2.75) is 19.3 Å². The Morgan fingerprint density at radius 3 is 1.89 bits per heavy atom. The summed E-state index contributed by atoms with van der Waals surface area (Å²) >= 11 is 0. The van der Waals surface area contributed by atoms with Gasteiger partial charge in [-0.3, -0.25) is 0 Å². The van der Waals surface area contributed by atoms with Crippen LogP contribution in [0.15, 0.2) is 206 Å². The lowest BCUT2D eigenvalue weighted by atomic mass is 9.92. The van der Waals surface area contributed by atoms with Gasteiger partial charge in [0.05, 0.1) is 22.6 Å². The van der Waals surface area contributed by atoms with Gasteiger partial charge in [0, 0.05) is 28.7 Å². The molecule has 0 bridgehead atoms. The minimum atomic E-state index is 0.628. The Morgan fingerprint density at radius 2 is 1.19 bits per heavy atom. The average molecular weight is 729 g/mol. The van der Waals surface area contributed by atoms with Crippen molar-refractivity contribution in [1.29, 1.82) is 0 Å². The number of allylic oxidation sites excluding steroid dienone is 5. The number of anilines is 2. The van der Waals surface area contributed by atoms with Crippen LogP contribution < -0.4 is 4.90 Å². The number of fused-ring (bicyclic) bond motifs is 3. The van der Waals surface area contributed by atoms with E-state index in [4.69, 9.17) is 0 Å². The molecule has 57 heavy (non-hydrogen) atoms. The largest absolute Gasteiger partial charge is 0.309 e. The van der Waals surface area contributed by atoms with Gasteiger partial charge in [-0.2, -0.15) is 0 Å². The third-order valence-electron chi connectivity index (χ3n) is 11.1. The van der Waals surface area contributed by atoms with Crippen LogP contribution in [0.1, 0.15) is 29.7 Å². The molecule has 0 amide bonds. The second kappa shape index (κ2) is 15.1. The molecule has 2 aliphatic carbocycles. The monoisotopic (exact) mass is 728 g/mol. The summed E-state index contributed by atoms with van der Waals surface area (Å²) in [7, 11) is 0. The Kier molecular flexibility index (Phi) is 9.03. The van der Waals surface area contributed by atoms with Crippen LogP contribution in [-0.4, -0.2) is 4.57 Å². The summed E-state index contributed by atoms with van der Waals surface area (Å²) in [6.07, 6.45) is 11.7. The molecule has 1 heterocycles. The van der Waals surface area contributed by atoms with Crippen LogP contribution in [0, 0.1) is 11.8 Å². The van der Waals surface area contributed by atoms with E-state index in [-0.39, 0.29) is 0 Å². The van der Waals surface area contributed by atoms with Crippen molar-refractivity contribution in [3.8, 4) is 50.9 Å². The summed E-state index contributed by atoms with van der Waals surface area (Å²) in [5.41, 5.74) is 17.5. The lowest BCUT2D eigenvalue weighted by molar-refractivity contribution is 1.05. The first-order valence-electron chi connectivity index (χ1n) is 19.8. The highest BCUT2D eigenvalue weighted by Crippen LogP contribution is 2.44. The van der Waals surface area contributed by atoms with Crippen molar-refractivity contribution < 1.29 is 0 Å². The molecule has 0 N–H and O–H groups in total. The molecule has 1 aromatic heterocycles. The maximum Gasteiger partial charge on any atom is 0.0991 e. The quantitative estimate of drug-likeness (QED) is 0.141. The van der Waals surface area contributed by atoms with Gasteiger partial charge < -0.3 is 9.47 Å². The molecule has 0 saturated heterocycles. The molecule has 270 valence electrons. The summed E-state index contributed by atoms with van der Waals surface area (Å²) in [5.74, 6) is 7.43. The molecular formula is C55H40N2. The maximum atomic E-state index is 3.74. The van der Waals surface area contributed by atoms with Crippen molar-refractivity contribution in [2.24, 2.45) is 0 Å². The second-order valence-corrected chi connectivity index (χ2v) is 14.6. The second-order valence-electron chi connectivity index (χ2n) is 14.6. The predicted molar refractivity (Wildman–Crippen MR) is 240 cm³/mol. The van der Waals surface area contributed by atoms with E-state index in [0.29, 0.717) is 6.42 Å². The van der Waals surface area contributed by atoms with Gasteiger partial charge in [0.1, 0.15) is 0 Å². The van der Waals surface area contributed by atoms with Crippen molar-refractivity contribution in [3.63, 3.8) is 0 Å². The van der Waals surface area contributed by atoms with E-state index in [1.807, 2.05) is 0 Å². The van der Waals surface area contributed by atoms with E-state index in [1.165, 1.54) is 55.4 Å².